The van der Waals surface area contributed by atoms with Crippen molar-refractivity contribution in [2.75, 3.05) is 0 Å². The van der Waals surface area contributed by atoms with Gasteiger partial charge in [0.1, 0.15) is 29.8 Å². The van der Waals surface area contributed by atoms with E-state index in [0.29, 0.717) is 22.2 Å². The van der Waals surface area contributed by atoms with Gasteiger partial charge < -0.3 is 9.32 Å². The van der Waals surface area contributed by atoms with Gasteiger partial charge in [0.2, 0.25) is 0 Å². The van der Waals surface area contributed by atoms with Crippen LogP contribution < -0.4 is 0 Å². The molecule has 0 N–H and O–H groups in total. The summed E-state index contributed by atoms with van der Waals surface area (Å²) in [6, 6.07) is 8.43. The third-order valence-corrected chi connectivity index (χ3v) is 5.27. The molecule has 0 atom stereocenters. The molecule has 0 unspecified atom stereocenters. The molecule has 0 saturated heterocycles. The highest BCUT2D eigenvalue weighted by atomic mass is 19.4. The standard InChI is InChI=1S/C23H23F3N4O2/c1-13(2)30(14(3)4)22(31)18-9-19-16(10-27-18)21(28-29(19)12-23(24,25)26)17-11-32-20-8-6-5-7-15(17)20/h5-11,13-14H,12H2,1-4H3. The summed E-state index contributed by atoms with van der Waals surface area (Å²) in [4.78, 5) is 19.0. The number of hydrogen-bond donors (Lipinski definition) is 0. The lowest BCUT2D eigenvalue weighted by Gasteiger charge is -2.30. The van der Waals surface area contributed by atoms with Gasteiger partial charge >= 0.3 is 6.18 Å². The molecule has 3 heterocycles. The average Bonchev–Trinajstić information content (AvgIpc) is 3.27. The first-order valence-corrected chi connectivity index (χ1v) is 10.3. The van der Waals surface area contributed by atoms with Crippen molar-refractivity contribution in [1.29, 1.82) is 0 Å². The molecular formula is C23H23F3N4O2. The molecule has 0 saturated carbocycles. The van der Waals surface area contributed by atoms with Crippen LogP contribution in [0.4, 0.5) is 13.2 Å². The normalized spacial score (nSPS) is 12.4. The summed E-state index contributed by atoms with van der Waals surface area (Å²) in [5, 5.41) is 5.40. The zero-order valence-corrected chi connectivity index (χ0v) is 18.1. The number of fused-ring (bicyclic) bond motifs is 2. The van der Waals surface area contributed by atoms with E-state index in [1.165, 1.54) is 18.5 Å². The highest BCUT2D eigenvalue weighted by Gasteiger charge is 2.31. The number of alkyl halides is 3. The van der Waals surface area contributed by atoms with Gasteiger partial charge in [-0.1, -0.05) is 18.2 Å². The quantitative estimate of drug-likeness (QED) is 0.398. The molecule has 168 valence electrons. The van der Waals surface area contributed by atoms with Crippen molar-refractivity contribution in [3.63, 3.8) is 0 Å². The Bertz CT molecular complexity index is 1280. The van der Waals surface area contributed by atoms with Crippen LogP contribution in [0.2, 0.25) is 0 Å². The molecule has 0 spiro atoms. The van der Waals surface area contributed by atoms with Gasteiger partial charge in [-0.05, 0) is 39.8 Å². The molecule has 4 rings (SSSR count). The molecule has 0 bridgehead atoms. The van der Waals surface area contributed by atoms with Crippen LogP contribution in [0.15, 0.2) is 47.2 Å². The summed E-state index contributed by atoms with van der Waals surface area (Å²) in [6.07, 6.45) is -1.59. The molecule has 3 aromatic heterocycles. The highest BCUT2D eigenvalue weighted by Crippen LogP contribution is 2.35. The lowest BCUT2D eigenvalue weighted by atomic mass is 10.1. The Kier molecular flexibility index (Phi) is 5.44. The van der Waals surface area contributed by atoms with Crippen LogP contribution >= 0.6 is 0 Å². The maximum Gasteiger partial charge on any atom is 0.408 e. The van der Waals surface area contributed by atoms with E-state index in [-0.39, 0.29) is 29.2 Å². The Morgan fingerprint density at radius 1 is 1.12 bits per heavy atom. The largest absolute Gasteiger partial charge is 0.464 e. The lowest BCUT2D eigenvalue weighted by molar-refractivity contribution is -0.141. The van der Waals surface area contributed by atoms with E-state index in [1.54, 1.807) is 11.0 Å². The number of nitrogens with zero attached hydrogens (tertiary/aromatic N) is 4. The minimum Gasteiger partial charge on any atom is -0.464 e. The minimum atomic E-state index is -4.48. The van der Waals surface area contributed by atoms with Crippen molar-refractivity contribution in [2.24, 2.45) is 0 Å². The number of aromatic nitrogens is 3. The number of halogens is 3. The van der Waals surface area contributed by atoms with Crippen molar-refractivity contribution in [2.45, 2.75) is 52.5 Å². The van der Waals surface area contributed by atoms with Gasteiger partial charge in [0.05, 0.1) is 5.52 Å². The fourth-order valence-electron chi connectivity index (χ4n) is 4.03. The summed E-state index contributed by atoms with van der Waals surface area (Å²) in [7, 11) is 0. The summed E-state index contributed by atoms with van der Waals surface area (Å²) in [6.45, 7) is 6.24. The van der Waals surface area contributed by atoms with E-state index in [2.05, 4.69) is 10.1 Å². The van der Waals surface area contributed by atoms with Crippen LogP contribution in [-0.4, -0.2) is 43.8 Å². The fourth-order valence-corrected chi connectivity index (χ4v) is 4.03. The second-order valence-electron chi connectivity index (χ2n) is 8.25. The van der Waals surface area contributed by atoms with Gasteiger partial charge in [-0.15, -0.1) is 0 Å². The molecule has 6 nitrogen and oxygen atoms in total. The predicted molar refractivity (Wildman–Crippen MR) is 115 cm³/mol. The SMILES string of the molecule is CC(C)N(C(=O)c1cc2c(cn1)c(-c1coc3ccccc13)nn2CC(F)(F)F)C(C)C. The summed E-state index contributed by atoms with van der Waals surface area (Å²) in [5.41, 5.74) is 1.76. The van der Waals surface area contributed by atoms with Crippen LogP contribution in [0.25, 0.3) is 33.1 Å². The predicted octanol–water partition coefficient (Wildman–Crippen LogP) is 5.67. The molecule has 1 aromatic carbocycles. The maximum absolute atomic E-state index is 13.3. The Morgan fingerprint density at radius 3 is 2.47 bits per heavy atom. The number of amides is 1. The summed E-state index contributed by atoms with van der Waals surface area (Å²) >= 11 is 0. The molecule has 0 fully saturated rings. The molecule has 9 heteroatoms. The monoisotopic (exact) mass is 444 g/mol. The van der Waals surface area contributed by atoms with Crippen LogP contribution in [0.5, 0.6) is 0 Å². The van der Waals surface area contributed by atoms with Crippen molar-refractivity contribution in [3.8, 4) is 11.3 Å². The number of carbonyl (C=O) groups is 1. The lowest BCUT2D eigenvalue weighted by Crippen LogP contribution is -2.42. The van der Waals surface area contributed by atoms with Crippen LogP contribution in [0.1, 0.15) is 38.2 Å². The molecule has 0 aliphatic carbocycles. The Labute approximate surface area is 182 Å². The Balaban J connectivity index is 1.90. The third kappa shape index (κ3) is 3.94. The van der Waals surface area contributed by atoms with E-state index < -0.39 is 12.7 Å². The molecule has 0 radical (unpaired) electrons. The molecule has 4 aromatic rings. The van der Waals surface area contributed by atoms with E-state index in [0.717, 1.165) is 10.1 Å². The molecule has 0 aliphatic heterocycles. The smallest absolute Gasteiger partial charge is 0.408 e. The maximum atomic E-state index is 13.3. The Morgan fingerprint density at radius 2 is 1.81 bits per heavy atom. The van der Waals surface area contributed by atoms with Gasteiger partial charge in [-0.25, -0.2) is 0 Å². The van der Waals surface area contributed by atoms with Crippen LogP contribution in [0.3, 0.4) is 0 Å². The first-order chi connectivity index (χ1) is 15.1. The van der Waals surface area contributed by atoms with Gasteiger partial charge in [0.15, 0.2) is 0 Å². The second kappa shape index (κ2) is 7.96. The van der Waals surface area contributed by atoms with Crippen molar-refractivity contribution in [1.82, 2.24) is 19.7 Å². The topological polar surface area (TPSA) is 64.2 Å². The van der Waals surface area contributed by atoms with Gasteiger partial charge in [-0.3, -0.25) is 14.5 Å². The number of carbonyl (C=O) groups excluding carboxylic acids is 1. The number of furan rings is 1. The molecule has 0 aliphatic rings. The van der Waals surface area contributed by atoms with E-state index in [9.17, 15) is 18.0 Å². The van der Waals surface area contributed by atoms with Gasteiger partial charge in [-0.2, -0.15) is 18.3 Å². The fraction of sp³-hybridized carbons (Fsp3) is 0.348. The number of rotatable bonds is 5. The van der Waals surface area contributed by atoms with E-state index in [1.807, 2.05) is 45.9 Å². The van der Waals surface area contributed by atoms with Crippen molar-refractivity contribution >= 4 is 27.8 Å². The van der Waals surface area contributed by atoms with Crippen LogP contribution in [0, 0.1) is 0 Å². The number of hydrogen-bond acceptors (Lipinski definition) is 4. The molecule has 1 amide bonds. The zero-order chi connectivity index (χ0) is 23.2. The number of para-hydroxylation sites is 1. The average molecular weight is 444 g/mol. The first kappa shape index (κ1) is 21.9. The van der Waals surface area contributed by atoms with E-state index >= 15 is 0 Å². The number of benzene rings is 1. The summed E-state index contributed by atoms with van der Waals surface area (Å²) < 4.78 is 46.3. The van der Waals surface area contributed by atoms with Gasteiger partial charge in [0, 0.05) is 34.6 Å². The van der Waals surface area contributed by atoms with E-state index in [4.69, 9.17) is 4.42 Å². The minimum absolute atomic E-state index is 0.0758. The number of pyridine rings is 1. The summed E-state index contributed by atoms with van der Waals surface area (Å²) in [5.74, 6) is -0.341. The zero-order valence-electron chi connectivity index (χ0n) is 18.1. The third-order valence-electron chi connectivity index (χ3n) is 5.27. The molecular weight excluding hydrogens is 421 g/mol. The van der Waals surface area contributed by atoms with Crippen molar-refractivity contribution < 1.29 is 22.4 Å². The van der Waals surface area contributed by atoms with Gasteiger partial charge in [0.25, 0.3) is 5.91 Å². The highest BCUT2D eigenvalue weighted by molar-refractivity contribution is 6.03. The van der Waals surface area contributed by atoms with Crippen molar-refractivity contribution in [3.05, 3.63) is 48.5 Å². The first-order valence-electron chi connectivity index (χ1n) is 10.3. The van der Waals surface area contributed by atoms with Crippen LogP contribution in [-0.2, 0) is 6.54 Å². The molecule has 32 heavy (non-hydrogen) atoms. The Hall–Kier alpha value is -3.36. The second-order valence-corrected chi connectivity index (χ2v) is 8.25.